The van der Waals surface area contributed by atoms with Crippen LogP contribution in [0.15, 0.2) is 48.5 Å². The normalized spacial score (nSPS) is 15.0. The van der Waals surface area contributed by atoms with Crippen LogP contribution in [-0.2, 0) is 26.2 Å². The Hall–Kier alpha value is -2.65. The molecule has 10 heteroatoms. The number of rotatable bonds is 10. The fraction of sp³-hybridized carbons (Fsp3) is 0.440. The van der Waals surface area contributed by atoms with Gasteiger partial charge in [0.1, 0.15) is 18.4 Å². The van der Waals surface area contributed by atoms with Crippen LogP contribution in [0.5, 0.6) is 0 Å². The van der Waals surface area contributed by atoms with Gasteiger partial charge in [-0.2, -0.15) is 0 Å². The monoisotopic (exact) mass is 523 g/mol. The van der Waals surface area contributed by atoms with Gasteiger partial charge in [-0.1, -0.05) is 49.6 Å². The molecule has 1 N–H and O–H groups in total. The van der Waals surface area contributed by atoms with Crippen molar-refractivity contribution in [2.45, 2.75) is 57.7 Å². The van der Waals surface area contributed by atoms with Gasteiger partial charge in [-0.15, -0.1) is 0 Å². The molecular formula is C25H31ClFN3O4S. The second-order valence-corrected chi connectivity index (χ2v) is 11.1. The number of benzene rings is 2. The molecule has 3 rings (SSSR count). The highest BCUT2D eigenvalue weighted by atomic mass is 35.5. The third-order valence-electron chi connectivity index (χ3n) is 6.18. The SMILES string of the molecule is CC[C@H](C(=O)NC1CCCC1)N(Cc1ccccc1Cl)C(=O)CN(c1ccc(F)cc1)S(C)(=O)=O. The molecule has 0 bridgehead atoms. The first-order chi connectivity index (χ1) is 16.6. The Kier molecular flexibility index (Phi) is 9.13. The highest BCUT2D eigenvalue weighted by molar-refractivity contribution is 7.92. The Morgan fingerprint density at radius 2 is 1.74 bits per heavy atom. The number of carbonyl (C=O) groups excluding carboxylic acids is 2. The summed E-state index contributed by atoms with van der Waals surface area (Å²) in [5, 5.41) is 3.49. The van der Waals surface area contributed by atoms with Gasteiger partial charge in [0.25, 0.3) is 0 Å². The van der Waals surface area contributed by atoms with E-state index in [2.05, 4.69) is 5.32 Å². The quantitative estimate of drug-likeness (QED) is 0.507. The summed E-state index contributed by atoms with van der Waals surface area (Å²) in [5.41, 5.74) is 0.797. The summed E-state index contributed by atoms with van der Waals surface area (Å²) in [6.07, 6.45) is 5.20. The average Bonchev–Trinajstić information content (AvgIpc) is 3.31. The largest absolute Gasteiger partial charge is 0.352 e. The highest BCUT2D eigenvalue weighted by Crippen LogP contribution is 2.23. The first-order valence-corrected chi connectivity index (χ1v) is 13.9. The number of hydrogen-bond donors (Lipinski definition) is 1. The molecule has 2 aromatic rings. The van der Waals surface area contributed by atoms with Crippen LogP contribution < -0.4 is 9.62 Å². The van der Waals surface area contributed by atoms with Crippen molar-refractivity contribution >= 4 is 39.1 Å². The Labute approximate surface area is 211 Å². The van der Waals surface area contributed by atoms with Crippen LogP contribution >= 0.6 is 11.6 Å². The smallest absolute Gasteiger partial charge is 0.244 e. The summed E-state index contributed by atoms with van der Waals surface area (Å²) in [4.78, 5) is 28.2. The van der Waals surface area contributed by atoms with Gasteiger partial charge < -0.3 is 10.2 Å². The number of nitrogens with zero attached hydrogens (tertiary/aromatic N) is 2. The minimum Gasteiger partial charge on any atom is -0.352 e. The van der Waals surface area contributed by atoms with E-state index in [0.717, 1.165) is 48.4 Å². The molecule has 0 aromatic heterocycles. The molecule has 1 atom stereocenters. The maximum Gasteiger partial charge on any atom is 0.244 e. The molecule has 1 fully saturated rings. The van der Waals surface area contributed by atoms with Crippen LogP contribution in [0.25, 0.3) is 0 Å². The Morgan fingerprint density at radius 1 is 1.11 bits per heavy atom. The molecule has 1 saturated carbocycles. The zero-order valence-electron chi connectivity index (χ0n) is 19.9. The van der Waals surface area contributed by atoms with Gasteiger partial charge in [0.15, 0.2) is 0 Å². The minimum absolute atomic E-state index is 0.0378. The van der Waals surface area contributed by atoms with Gasteiger partial charge in [-0.05, 0) is 55.2 Å². The molecule has 0 saturated heterocycles. The lowest BCUT2D eigenvalue weighted by Crippen LogP contribution is -2.53. The van der Waals surface area contributed by atoms with Crippen LogP contribution in [0.2, 0.25) is 5.02 Å². The van der Waals surface area contributed by atoms with Gasteiger partial charge in [0, 0.05) is 17.6 Å². The number of halogens is 2. The molecule has 0 heterocycles. The van der Waals surface area contributed by atoms with Gasteiger partial charge in [0.2, 0.25) is 21.8 Å². The predicted octanol–water partition coefficient (Wildman–Crippen LogP) is 4.11. The van der Waals surface area contributed by atoms with Crippen LogP contribution in [0, 0.1) is 5.82 Å². The molecule has 0 radical (unpaired) electrons. The van der Waals surface area contributed by atoms with Crippen molar-refractivity contribution in [2.75, 3.05) is 17.1 Å². The third kappa shape index (κ3) is 7.18. The van der Waals surface area contributed by atoms with Crippen LogP contribution in [0.4, 0.5) is 10.1 Å². The van der Waals surface area contributed by atoms with E-state index in [1.807, 2.05) is 0 Å². The van der Waals surface area contributed by atoms with E-state index < -0.39 is 34.3 Å². The molecule has 1 aliphatic carbocycles. The topological polar surface area (TPSA) is 86.8 Å². The van der Waals surface area contributed by atoms with E-state index in [1.54, 1.807) is 31.2 Å². The molecular weight excluding hydrogens is 493 g/mol. The molecule has 2 amide bonds. The Bertz CT molecular complexity index is 1140. The number of carbonyl (C=O) groups is 2. The fourth-order valence-electron chi connectivity index (χ4n) is 4.32. The zero-order chi connectivity index (χ0) is 25.6. The first-order valence-electron chi connectivity index (χ1n) is 11.7. The van der Waals surface area contributed by atoms with Crippen LogP contribution in [0.1, 0.15) is 44.6 Å². The molecule has 2 aromatic carbocycles. The number of amides is 2. The van der Waals surface area contributed by atoms with Crippen molar-refractivity contribution < 1.29 is 22.4 Å². The number of hydrogen-bond acceptors (Lipinski definition) is 4. The van der Waals surface area contributed by atoms with Gasteiger partial charge in [0.05, 0.1) is 11.9 Å². The Morgan fingerprint density at radius 3 is 2.31 bits per heavy atom. The Balaban J connectivity index is 1.92. The van der Waals surface area contributed by atoms with Crippen LogP contribution in [0.3, 0.4) is 0 Å². The van der Waals surface area contributed by atoms with Crippen molar-refractivity contribution in [2.24, 2.45) is 0 Å². The van der Waals surface area contributed by atoms with Crippen LogP contribution in [-0.4, -0.2) is 50.0 Å². The maximum atomic E-state index is 13.6. The summed E-state index contributed by atoms with van der Waals surface area (Å²) < 4.78 is 39.4. The van der Waals surface area contributed by atoms with Crippen molar-refractivity contribution in [1.29, 1.82) is 0 Å². The number of sulfonamides is 1. The summed E-state index contributed by atoms with van der Waals surface area (Å²) in [5.74, 6) is -1.36. The molecule has 7 nitrogen and oxygen atoms in total. The minimum atomic E-state index is -3.87. The van der Waals surface area contributed by atoms with E-state index in [9.17, 15) is 22.4 Å². The summed E-state index contributed by atoms with van der Waals surface area (Å²) >= 11 is 6.35. The second-order valence-electron chi connectivity index (χ2n) is 8.77. The predicted molar refractivity (Wildman–Crippen MR) is 135 cm³/mol. The standard InChI is InChI=1S/C25H31ClFN3O4S/c1-3-23(25(32)28-20-9-5-6-10-20)29(16-18-8-4-7-11-22(18)26)24(31)17-30(35(2,33)34)21-14-12-19(27)13-15-21/h4,7-8,11-15,20,23H,3,5-6,9-10,16-17H2,1-2H3,(H,28,32)/t23-/m1/s1. The van der Waals surface area contributed by atoms with Gasteiger partial charge in [-0.3, -0.25) is 13.9 Å². The van der Waals surface area contributed by atoms with E-state index in [0.29, 0.717) is 17.0 Å². The fourth-order valence-corrected chi connectivity index (χ4v) is 5.36. The molecule has 190 valence electrons. The van der Waals surface area contributed by atoms with Crippen molar-refractivity contribution in [3.8, 4) is 0 Å². The van der Waals surface area contributed by atoms with E-state index in [1.165, 1.54) is 17.0 Å². The van der Waals surface area contributed by atoms with Crippen molar-refractivity contribution in [3.05, 3.63) is 64.9 Å². The van der Waals surface area contributed by atoms with Crippen molar-refractivity contribution in [3.63, 3.8) is 0 Å². The van der Waals surface area contributed by atoms with E-state index in [4.69, 9.17) is 11.6 Å². The van der Waals surface area contributed by atoms with E-state index >= 15 is 0 Å². The number of anilines is 1. The lowest BCUT2D eigenvalue weighted by molar-refractivity contribution is -0.140. The molecule has 0 spiro atoms. The third-order valence-corrected chi connectivity index (χ3v) is 7.69. The molecule has 35 heavy (non-hydrogen) atoms. The lowest BCUT2D eigenvalue weighted by Gasteiger charge is -2.33. The second kappa shape index (κ2) is 11.9. The molecule has 0 aliphatic heterocycles. The summed E-state index contributed by atoms with van der Waals surface area (Å²) in [6, 6.07) is 11.1. The van der Waals surface area contributed by atoms with Crippen molar-refractivity contribution in [1.82, 2.24) is 10.2 Å². The molecule has 0 unspecified atom stereocenters. The van der Waals surface area contributed by atoms with E-state index in [-0.39, 0.29) is 24.2 Å². The summed E-state index contributed by atoms with van der Waals surface area (Å²) in [6.45, 7) is 1.30. The van der Waals surface area contributed by atoms with Gasteiger partial charge in [-0.25, -0.2) is 12.8 Å². The zero-order valence-corrected chi connectivity index (χ0v) is 21.5. The number of nitrogens with one attached hydrogen (secondary N) is 1. The summed E-state index contributed by atoms with van der Waals surface area (Å²) in [7, 11) is -3.87. The first kappa shape index (κ1) is 26.9. The maximum absolute atomic E-state index is 13.6. The highest BCUT2D eigenvalue weighted by Gasteiger charge is 2.33. The average molecular weight is 524 g/mol. The van der Waals surface area contributed by atoms with Gasteiger partial charge >= 0.3 is 0 Å². The lowest BCUT2D eigenvalue weighted by atomic mass is 10.1. The molecule has 1 aliphatic rings.